The van der Waals surface area contributed by atoms with Crippen LogP contribution in [-0.4, -0.2) is 47.4 Å². The van der Waals surface area contributed by atoms with Crippen LogP contribution in [0.2, 0.25) is 0 Å². The summed E-state index contributed by atoms with van der Waals surface area (Å²) in [7, 11) is 0. The topological polar surface area (TPSA) is 177 Å². The van der Waals surface area contributed by atoms with Crippen molar-refractivity contribution in [2.75, 3.05) is 6.54 Å². The molecule has 0 aliphatic carbocycles. The largest absolute Gasteiger partial charge is 2.00 e. The van der Waals surface area contributed by atoms with Crippen molar-refractivity contribution in [1.82, 2.24) is 20.6 Å². The maximum Gasteiger partial charge on any atom is 2.00 e. The molecule has 0 unspecified atom stereocenters. The maximum absolute atomic E-state index is 12.8. The predicted molar refractivity (Wildman–Crippen MR) is 111 cm³/mol. The molecule has 3 atom stereocenters. The van der Waals surface area contributed by atoms with E-state index in [0.717, 1.165) is 5.56 Å². The van der Waals surface area contributed by atoms with Crippen molar-refractivity contribution < 1.29 is 36.6 Å². The van der Waals surface area contributed by atoms with E-state index < -0.39 is 35.9 Å². The van der Waals surface area contributed by atoms with E-state index in [0.29, 0.717) is 25.1 Å². The first-order valence-electron chi connectivity index (χ1n) is 10.1. The third kappa shape index (κ3) is 9.19. The van der Waals surface area contributed by atoms with Gasteiger partial charge in [0.15, 0.2) is 0 Å². The molecule has 1 heterocycles. The van der Waals surface area contributed by atoms with Crippen LogP contribution in [0, 0.1) is 0 Å². The van der Waals surface area contributed by atoms with E-state index in [2.05, 4.69) is 20.6 Å². The smallest absolute Gasteiger partial charge is 0.548 e. The fraction of sp³-hybridized carbons (Fsp3) is 0.429. The van der Waals surface area contributed by atoms with Crippen LogP contribution in [0.15, 0.2) is 42.9 Å². The van der Waals surface area contributed by atoms with Gasteiger partial charge in [0, 0.05) is 0 Å². The van der Waals surface area contributed by atoms with Crippen molar-refractivity contribution in [3.63, 3.8) is 0 Å². The molecule has 11 heteroatoms. The summed E-state index contributed by atoms with van der Waals surface area (Å²) in [5.41, 5.74) is 12.8. The van der Waals surface area contributed by atoms with Crippen LogP contribution in [0.3, 0.4) is 0 Å². The number of hydrogen-bond acceptors (Lipinski definition) is 7. The molecule has 1 aromatic carbocycles. The summed E-state index contributed by atoms with van der Waals surface area (Å²) < 4.78 is 0. The number of carboxylic acids is 1. The van der Waals surface area contributed by atoms with Crippen LogP contribution in [0.4, 0.5) is 0 Å². The molecule has 32 heavy (non-hydrogen) atoms. The summed E-state index contributed by atoms with van der Waals surface area (Å²) in [6.07, 6.45) is 4.43. The Labute approximate surface area is 197 Å². The molecule has 6 N–H and O–H groups in total. The van der Waals surface area contributed by atoms with Crippen molar-refractivity contribution in [1.29, 1.82) is 0 Å². The molecule has 0 aliphatic rings. The molecular formula is C21H28CuN6O4. The first-order chi connectivity index (χ1) is 14.9. The average molecular weight is 492 g/mol. The second-order valence-electron chi connectivity index (χ2n) is 7.24. The molecule has 0 spiro atoms. The summed E-state index contributed by atoms with van der Waals surface area (Å²) in [5, 5.41) is 16.5. The van der Waals surface area contributed by atoms with Gasteiger partial charge in [0.05, 0.1) is 18.1 Å². The number of carbonyl (C=O) groups excluding carboxylic acids is 3. The Morgan fingerprint density at radius 3 is 2.31 bits per heavy atom. The van der Waals surface area contributed by atoms with Crippen LogP contribution in [0.5, 0.6) is 0 Å². The van der Waals surface area contributed by atoms with Crippen LogP contribution >= 0.6 is 0 Å². The Kier molecular flexibility index (Phi) is 12.3. The first-order valence-corrected chi connectivity index (χ1v) is 10.1. The van der Waals surface area contributed by atoms with Gasteiger partial charge in [-0.2, -0.15) is 0 Å². The number of aromatic nitrogens is 2. The van der Waals surface area contributed by atoms with Gasteiger partial charge in [-0.25, -0.2) is 0 Å². The minimum atomic E-state index is -1.40. The molecule has 0 saturated heterocycles. The second-order valence-corrected chi connectivity index (χ2v) is 7.24. The fourth-order valence-corrected chi connectivity index (χ4v) is 3.04. The number of nitrogens with two attached hydrogens (primary N) is 2. The molecule has 0 aliphatic heterocycles. The Bertz CT molecular complexity index is 834. The van der Waals surface area contributed by atoms with Gasteiger partial charge in [-0.1, -0.05) is 48.5 Å². The molecule has 2 rings (SSSR count). The number of amides is 2. The number of nitrogens with zero attached hydrogens (tertiary/aromatic N) is 2. The van der Waals surface area contributed by atoms with E-state index in [4.69, 9.17) is 11.5 Å². The van der Waals surface area contributed by atoms with Crippen molar-refractivity contribution in [3.8, 4) is 0 Å². The number of benzene rings is 1. The normalized spacial score (nSPS) is 13.3. The third-order valence-corrected chi connectivity index (χ3v) is 4.74. The van der Waals surface area contributed by atoms with Gasteiger partial charge in [-0.05, 0) is 44.2 Å². The van der Waals surface area contributed by atoms with Crippen LogP contribution in [0.1, 0.15) is 30.5 Å². The van der Waals surface area contributed by atoms with Gasteiger partial charge in [0.1, 0.15) is 6.04 Å². The summed E-state index contributed by atoms with van der Waals surface area (Å²) in [6, 6.07) is 6.10. The zero-order chi connectivity index (χ0) is 22.6. The monoisotopic (exact) mass is 491 g/mol. The number of rotatable bonds is 13. The van der Waals surface area contributed by atoms with Gasteiger partial charge in [0.25, 0.3) is 0 Å². The molecule has 1 radical (unpaired) electrons. The number of aliphatic carboxylic acids is 1. The molecule has 10 nitrogen and oxygen atoms in total. The van der Waals surface area contributed by atoms with Crippen molar-refractivity contribution >= 4 is 17.8 Å². The molecule has 2 amide bonds. The summed E-state index contributed by atoms with van der Waals surface area (Å²) in [4.78, 5) is 44.7. The Morgan fingerprint density at radius 1 is 1.03 bits per heavy atom. The van der Waals surface area contributed by atoms with Gasteiger partial charge in [0.2, 0.25) is 11.8 Å². The third-order valence-electron chi connectivity index (χ3n) is 4.74. The maximum atomic E-state index is 12.8. The number of nitrogens with one attached hydrogen (secondary N) is 2. The van der Waals surface area contributed by atoms with Crippen LogP contribution < -0.4 is 32.2 Å². The standard InChI is InChI=1S/C21H30N6O4.Cu/c22-9-5-4-8-17(21(30)31)26-20(29)18(11-15-12-24-13-25-15)27-19(28)16(23)10-14-6-2-1-3-7-14;/h1-3,6-7,12-13,16-18H,4-5,8-11,22-23H2,(H4,24,25,26,27,28,29,30,31);/q;+2/p-2/t16-,17-,18-;/m0./s1. The van der Waals surface area contributed by atoms with Crippen molar-refractivity contribution in [2.45, 2.75) is 50.2 Å². The SMILES string of the molecule is NCCCC[C@H](NC(=O)[C@H](Cc1c[n-]cn1)NC(=O)[C@@H](N)Cc1ccccc1)C(=O)[O-].[Cu+2]. The summed E-state index contributed by atoms with van der Waals surface area (Å²) >= 11 is 0. The number of carboxylic acid groups (broad SMARTS) is 1. The Hall–Kier alpha value is -2.72. The van der Waals surface area contributed by atoms with E-state index in [9.17, 15) is 19.5 Å². The molecule has 177 valence electrons. The van der Waals surface area contributed by atoms with Gasteiger partial charge in [-0.3, -0.25) is 9.59 Å². The second kappa shape index (κ2) is 14.4. The summed E-state index contributed by atoms with van der Waals surface area (Å²) in [6.45, 7) is 0.418. The van der Waals surface area contributed by atoms with E-state index in [-0.39, 0.29) is 36.3 Å². The van der Waals surface area contributed by atoms with E-state index in [1.54, 1.807) is 0 Å². The molecule has 0 saturated carbocycles. The zero-order valence-electron chi connectivity index (χ0n) is 17.5. The fourth-order valence-electron chi connectivity index (χ4n) is 3.04. The molecule has 0 bridgehead atoms. The number of unbranched alkanes of at least 4 members (excludes halogenated alkanes) is 1. The number of carbonyl (C=O) groups is 3. The molecule has 0 fully saturated rings. The zero-order valence-corrected chi connectivity index (χ0v) is 18.4. The number of imidazole rings is 1. The molecule has 1 aromatic heterocycles. The Morgan fingerprint density at radius 2 is 1.72 bits per heavy atom. The minimum Gasteiger partial charge on any atom is -0.548 e. The molecular weight excluding hydrogens is 464 g/mol. The van der Waals surface area contributed by atoms with Gasteiger partial charge >= 0.3 is 17.1 Å². The van der Waals surface area contributed by atoms with Crippen LogP contribution in [0.25, 0.3) is 0 Å². The number of hydrogen-bond donors (Lipinski definition) is 4. The van der Waals surface area contributed by atoms with Crippen molar-refractivity contribution in [3.05, 3.63) is 54.1 Å². The average Bonchev–Trinajstić information content (AvgIpc) is 3.26. The summed E-state index contributed by atoms with van der Waals surface area (Å²) in [5.74, 6) is -2.59. The first kappa shape index (κ1) is 27.3. The van der Waals surface area contributed by atoms with E-state index in [1.807, 2.05) is 30.3 Å². The van der Waals surface area contributed by atoms with E-state index >= 15 is 0 Å². The van der Waals surface area contributed by atoms with Gasteiger partial charge < -0.3 is 42.0 Å². The predicted octanol–water partition coefficient (Wildman–Crippen LogP) is -2.00. The van der Waals surface area contributed by atoms with Crippen molar-refractivity contribution in [2.24, 2.45) is 11.5 Å². The Balaban J connectivity index is 0.00000512. The van der Waals surface area contributed by atoms with Crippen LogP contribution in [-0.2, 0) is 44.3 Å². The van der Waals surface area contributed by atoms with Gasteiger partial charge in [-0.15, -0.1) is 0 Å². The van der Waals surface area contributed by atoms with E-state index in [1.165, 1.54) is 12.5 Å². The minimum absolute atomic E-state index is 0. The molecule has 2 aromatic rings. The quantitative estimate of drug-likeness (QED) is 0.183.